The van der Waals surface area contributed by atoms with Gasteiger partial charge < -0.3 is 15.1 Å². The van der Waals surface area contributed by atoms with Crippen molar-refractivity contribution in [1.82, 2.24) is 29.9 Å². The molecule has 1 aliphatic rings. The van der Waals surface area contributed by atoms with Gasteiger partial charge in [0.15, 0.2) is 5.82 Å². The summed E-state index contributed by atoms with van der Waals surface area (Å²) in [6.45, 7) is 3.55. The third kappa shape index (κ3) is 3.98. The number of nitrogens with zero attached hydrogens (tertiary/aromatic N) is 5. The van der Waals surface area contributed by atoms with Crippen LogP contribution in [0.15, 0.2) is 24.5 Å². The number of aromatic nitrogens is 3. The zero-order valence-corrected chi connectivity index (χ0v) is 14.8. The molecule has 1 aromatic carbocycles. The van der Waals surface area contributed by atoms with Crippen molar-refractivity contribution < 1.29 is 14.0 Å². The largest absolute Gasteiger partial charge is 0.335 e. The Kier molecular flexibility index (Phi) is 5.15. The second kappa shape index (κ2) is 7.51. The van der Waals surface area contributed by atoms with E-state index in [4.69, 9.17) is 0 Å². The average molecular weight is 360 g/mol. The first-order valence-corrected chi connectivity index (χ1v) is 8.37. The van der Waals surface area contributed by atoms with E-state index >= 15 is 0 Å². The minimum Gasteiger partial charge on any atom is -0.335 e. The minimum absolute atomic E-state index is 0.217. The second-order valence-corrected chi connectivity index (χ2v) is 6.24. The monoisotopic (exact) mass is 360 g/mol. The summed E-state index contributed by atoms with van der Waals surface area (Å²) in [5, 5.41) is 6.87. The molecule has 0 saturated carbocycles. The van der Waals surface area contributed by atoms with Crippen LogP contribution in [0.4, 0.5) is 9.18 Å². The number of urea groups is 1. The highest BCUT2D eigenvalue weighted by molar-refractivity contribution is 5.94. The van der Waals surface area contributed by atoms with E-state index in [0.717, 1.165) is 0 Å². The van der Waals surface area contributed by atoms with Crippen molar-refractivity contribution in [3.63, 3.8) is 0 Å². The molecule has 1 N–H and O–H groups in total. The number of carbonyl (C=O) groups is 2. The molecule has 1 aromatic heterocycles. The Hall–Kier alpha value is -2.97. The molecule has 1 aliphatic heterocycles. The summed E-state index contributed by atoms with van der Waals surface area (Å²) in [7, 11) is 1.76. The summed E-state index contributed by atoms with van der Waals surface area (Å²) >= 11 is 0. The Morgan fingerprint density at radius 3 is 2.50 bits per heavy atom. The second-order valence-electron chi connectivity index (χ2n) is 6.24. The minimum atomic E-state index is -0.392. The summed E-state index contributed by atoms with van der Waals surface area (Å²) in [5.74, 6) is -0.0744. The SMILES string of the molecule is Cc1ccc(C(=O)N2CCN(C(=O)NCc3ncn(C)n3)CC2)cc1F. The molecule has 3 amide bonds. The van der Waals surface area contributed by atoms with Crippen LogP contribution in [0.25, 0.3) is 0 Å². The lowest BCUT2D eigenvalue weighted by Crippen LogP contribution is -2.53. The highest BCUT2D eigenvalue weighted by Gasteiger charge is 2.25. The topological polar surface area (TPSA) is 83.4 Å². The number of halogens is 1. The predicted octanol–water partition coefficient (Wildman–Crippen LogP) is 0.930. The van der Waals surface area contributed by atoms with E-state index in [1.54, 1.807) is 46.9 Å². The Morgan fingerprint density at radius 1 is 1.19 bits per heavy atom. The zero-order valence-electron chi connectivity index (χ0n) is 14.8. The van der Waals surface area contributed by atoms with Gasteiger partial charge in [-0.25, -0.2) is 14.2 Å². The van der Waals surface area contributed by atoms with Crippen molar-refractivity contribution in [1.29, 1.82) is 0 Å². The summed E-state index contributed by atoms with van der Waals surface area (Å²) < 4.78 is 15.2. The molecule has 8 nitrogen and oxygen atoms in total. The molecule has 3 rings (SSSR count). The maximum absolute atomic E-state index is 13.7. The number of nitrogens with one attached hydrogen (secondary N) is 1. The van der Waals surface area contributed by atoms with E-state index in [9.17, 15) is 14.0 Å². The van der Waals surface area contributed by atoms with Gasteiger partial charge in [-0.2, -0.15) is 5.10 Å². The number of amides is 3. The molecule has 0 bridgehead atoms. The van der Waals surface area contributed by atoms with Crippen LogP contribution in [-0.4, -0.2) is 62.7 Å². The quantitative estimate of drug-likeness (QED) is 0.883. The number of piperazine rings is 1. The average Bonchev–Trinajstić information content (AvgIpc) is 3.07. The standard InChI is InChI=1S/C17H21FN6O2/c1-12-3-4-13(9-14(12)18)16(25)23-5-7-24(8-6-23)17(26)19-10-15-20-11-22(2)21-15/h3-4,9,11H,5-8,10H2,1-2H3,(H,19,26). The van der Waals surface area contributed by atoms with Crippen molar-refractivity contribution >= 4 is 11.9 Å². The van der Waals surface area contributed by atoms with E-state index in [2.05, 4.69) is 15.4 Å². The third-order valence-electron chi connectivity index (χ3n) is 4.32. The molecule has 0 radical (unpaired) electrons. The van der Waals surface area contributed by atoms with Gasteiger partial charge in [-0.15, -0.1) is 0 Å². The van der Waals surface area contributed by atoms with Gasteiger partial charge in [0, 0.05) is 38.8 Å². The molecular weight excluding hydrogens is 339 g/mol. The molecule has 0 atom stereocenters. The maximum atomic E-state index is 13.7. The van der Waals surface area contributed by atoms with Gasteiger partial charge in [0.05, 0.1) is 6.54 Å². The lowest BCUT2D eigenvalue weighted by Gasteiger charge is -2.34. The van der Waals surface area contributed by atoms with E-state index < -0.39 is 5.82 Å². The fourth-order valence-electron chi connectivity index (χ4n) is 2.75. The fourth-order valence-corrected chi connectivity index (χ4v) is 2.75. The molecule has 2 heterocycles. The van der Waals surface area contributed by atoms with Gasteiger partial charge in [0.25, 0.3) is 5.91 Å². The maximum Gasteiger partial charge on any atom is 0.317 e. The van der Waals surface area contributed by atoms with Crippen LogP contribution in [-0.2, 0) is 13.6 Å². The first kappa shape index (κ1) is 17.8. The van der Waals surface area contributed by atoms with Crippen LogP contribution in [0.5, 0.6) is 0 Å². The van der Waals surface area contributed by atoms with E-state index in [1.165, 1.54) is 6.07 Å². The van der Waals surface area contributed by atoms with Gasteiger partial charge in [-0.1, -0.05) is 6.07 Å². The molecule has 0 unspecified atom stereocenters. The highest BCUT2D eigenvalue weighted by Crippen LogP contribution is 2.13. The summed E-state index contributed by atoms with van der Waals surface area (Å²) in [5.41, 5.74) is 0.831. The number of rotatable bonds is 3. The van der Waals surface area contributed by atoms with Crippen LogP contribution in [0.3, 0.4) is 0 Å². The molecule has 9 heteroatoms. The third-order valence-corrected chi connectivity index (χ3v) is 4.32. The first-order valence-electron chi connectivity index (χ1n) is 8.37. The van der Waals surface area contributed by atoms with Gasteiger partial charge in [-0.05, 0) is 24.6 Å². The van der Waals surface area contributed by atoms with Gasteiger partial charge in [-0.3, -0.25) is 9.48 Å². The highest BCUT2D eigenvalue weighted by atomic mass is 19.1. The smallest absolute Gasteiger partial charge is 0.317 e. The van der Waals surface area contributed by atoms with Crippen molar-refractivity contribution in [3.8, 4) is 0 Å². The molecule has 1 fully saturated rings. The van der Waals surface area contributed by atoms with Crippen LogP contribution in [0.1, 0.15) is 21.7 Å². The van der Waals surface area contributed by atoms with Crippen LogP contribution < -0.4 is 5.32 Å². The summed E-state index contributed by atoms with van der Waals surface area (Å²) in [6, 6.07) is 4.26. The molecule has 0 aliphatic carbocycles. The Balaban J connectivity index is 1.50. The molecule has 2 aromatic rings. The lowest BCUT2D eigenvalue weighted by molar-refractivity contribution is 0.0664. The zero-order chi connectivity index (χ0) is 18.7. The summed E-state index contributed by atoms with van der Waals surface area (Å²) in [4.78, 5) is 32.0. The fraction of sp³-hybridized carbons (Fsp3) is 0.412. The van der Waals surface area contributed by atoms with E-state index in [1.807, 2.05) is 0 Å². The van der Waals surface area contributed by atoms with E-state index in [-0.39, 0.29) is 18.5 Å². The van der Waals surface area contributed by atoms with Gasteiger partial charge in [0.1, 0.15) is 12.1 Å². The molecule has 1 saturated heterocycles. The first-order chi connectivity index (χ1) is 12.4. The predicted molar refractivity (Wildman–Crippen MR) is 91.9 cm³/mol. The number of carbonyl (C=O) groups excluding carboxylic acids is 2. The lowest BCUT2D eigenvalue weighted by atomic mass is 10.1. The Bertz CT molecular complexity index is 813. The van der Waals surface area contributed by atoms with Crippen molar-refractivity contribution in [2.24, 2.45) is 7.05 Å². The number of hydrogen-bond donors (Lipinski definition) is 1. The van der Waals surface area contributed by atoms with Crippen molar-refractivity contribution in [2.45, 2.75) is 13.5 Å². The van der Waals surface area contributed by atoms with Crippen molar-refractivity contribution in [3.05, 3.63) is 47.3 Å². The normalized spacial score (nSPS) is 14.4. The van der Waals surface area contributed by atoms with Crippen LogP contribution in [0.2, 0.25) is 0 Å². The Morgan fingerprint density at radius 2 is 1.88 bits per heavy atom. The van der Waals surface area contributed by atoms with Crippen LogP contribution >= 0.6 is 0 Å². The molecular formula is C17H21FN6O2. The number of hydrogen-bond acceptors (Lipinski definition) is 4. The van der Waals surface area contributed by atoms with Gasteiger partial charge >= 0.3 is 6.03 Å². The van der Waals surface area contributed by atoms with Crippen molar-refractivity contribution in [2.75, 3.05) is 26.2 Å². The number of aryl methyl sites for hydroxylation is 2. The Labute approximate surface area is 150 Å². The van der Waals surface area contributed by atoms with Gasteiger partial charge in [0.2, 0.25) is 0 Å². The molecule has 26 heavy (non-hydrogen) atoms. The van der Waals surface area contributed by atoms with Crippen LogP contribution in [0, 0.1) is 12.7 Å². The summed E-state index contributed by atoms with van der Waals surface area (Å²) in [6.07, 6.45) is 1.57. The molecule has 138 valence electrons. The van der Waals surface area contributed by atoms with E-state index in [0.29, 0.717) is 43.1 Å². The molecule has 0 spiro atoms. The number of benzene rings is 1.